The summed E-state index contributed by atoms with van der Waals surface area (Å²) in [5.74, 6) is 0.519. The molecular weight excluding hydrogens is 368 g/mol. The Bertz CT molecular complexity index is 689. The second kappa shape index (κ2) is 9.67. The normalized spacial score (nSPS) is 23.0. The predicted octanol–water partition coefficient (Wildman–Crippen LogP) is 1.65. The van der Waals surface area contributed by atoms with Crippen molar-refractivity contribution in [1.82, 2.24) is 19.7 Å². The maximum absolute atomic E-state index is 13.1. The van der Waals surface area contributed by atoms with Crippen molar-refractivity contribution in [2.45, 2.75) is 38.1 Å². The van der Waals surface area contributed by atoms with E-state index in [4.69, 9.17) is 4.74 Å². The van der Waals surface area contributed by atoms with E-state index in [9.17, 15) is 9.59 Å². The lowest BCUT2D eigenvalue weighted by molar-refractivity contribution is -0.140. The molecule has 1 aliphatic carbocycles. The molecule has 7 heteroatoms. The number of amides is 2. The van der Waals surface area contributed by atoms with E-state index in [0.717, 1.165) is 71.5 Å². The summed E-state index contributed by atoms with van der Waals surface area (Å²) in [5, 5.41) is 0. The number of hydrogen-bond donors (Lipinski definition) is 0. The molecule has 158 valence electrons. The first kappa shape index (κ1) is 20.3. The lowest BCUT2D eigenvalue weighted by atomic mass is 9.84. The number of ether oxygens (including phenoxy) is 1. The molecule has 1 atom stereocenters. The summed E-state index contributed by atoms with van der Waals surface area (Å²) in [5.41, 5.74) is 0.623. The molecule has 4 rings (SSSR count). The molecule has 29 heavy (non-hydrogen) atoms. The zero-order valence-electron chi connectivity index (χ0n) is 17.2. The quantitative estimate of drug-likeness (QED) is 0.696. The standard InChI is InChI=1S/C22H32N4O3/c27-21(19-6-2-8-23-16-19)25-11-7-20(17-25)26(22(28)18-4-1-5-18)10-3-9-24-12-14-29-15-13-24/h2,6,8,16,18,20H,1,3-5,7,9-15,17H2. The molecule has 1 aromatic heterocycles. The van der Waals surface area contributed by atoms with Gasteiger partial charge in [-0.2, -0.15) is 0 Å². The highest BCUT2D eigenvalue weighted by atomic mass is 16.5. The molecule has 3 heterocycles. The minimum atomic E-state index is 0.0185. The van der Waals surface area contributed by atoms with Crippen molar-refractivity contribution in [2.75, 3.05) is 52.5 Å². The predicted molar refractivity (Wildman–Crippen MR) is 109 cm³/mol. The van der Waals surface area contributed by atoms with Crippen molar-refractivity contribution in [3.8, 4) is 0 Å². The van der Waals surface area contributed by atoms with Crippen molar-refractivity contribution < 1.29 is 14.3 Å². The number of carbonyl (C=O) groups is 2. The van der Waals surface area contributed by atoms with Crippen molar-refractivity contribution in [1.29, 1.82) is 0 Å². The van der Waals surface area contributed by atoms with Crippen LogP contribution < -0.4 is 0 Å². The molecule has 2 amide bonds. The highest BCUT2D eigenvalue weighted by Crippen LogP contribution is 2.30. The van der Waals surface area contributed by atoms with Crippen molar-refractivity contribution in [3.05, 3.63) is 30.1 Å². The van der Waals surface area contributed by atoms with Crippen molar-refractivity contribution >= 4 is 11.8 Å². The van der Waals surface area contributed by atoms with Crippen LogP contribution >= 0.6 is 0 Å². The molecule has 0 bridgehead atoms. The first-order valence-electron chi connectivity index (χ1n) is 11.0. The Balaban J connectivity index is 1.35. The van der Waals surface area contributed by atoms with Gasteiger partial charge in [-0.05, 0) is 37.8 Å². The van der Waals surface area contributed by atoms with Gasteiger partial charge < -0.3 is 14.5 Å². The number of morpholine rings is 1. The zero-order chi connectivity index (χ0) is 20.1. The molecule has 2 saturated heterocycles. The SMILES string of the molecule is O=C(c1cccnc1)N1CCC(N(CCCN2CCOCC2)C(=O)C2CCC2)C1. The summed E-state index contributed by atoms with van der Waals surface area (Å²) in [6.45, 7) is 6.69. The average molecular weight is 401 g/mol. The minimum Gasteiger partial charge on any atom is -0.379 e. The second-order valence-corrected chi connectivity index (χ2v) is 8.40. The third-order valence-corrected chi connectivity index (χ3v) is 6.51. The maximum atomic E-state index is 13.1. The van der Waals surface area contributed by atoms with Gasteiger partial charge in [0, 0.05) is 57.6 Å². The number of rotatable bonds is 7. The number of hydrogen-bond acceptors (Lipinski definition) is 5. The first-order valence-corrected chi connectivity index (χ1v) is 11.0. The number of likely N-dealkylation sites (tertiary alicyclic amines) is 1. The molecule has 3 fully saturated rings. The molecule has 1 unspecified atom stereocenters. The molecular formula is C22H32N4O3. The van der Waals surface area contributed by atoms with E-state index in [1.165, 1.54) is 0 Å². The van der Waals surface area contributed by atoms with E-state index in [1.807, 2.05) is 11.0 Å². The van der Waals surface area contributed by atoms with Crippen LogP contribution in [0.1, 0.15) is 42.5 Å². The van der Waals surface area contributed by atoms with Crippen molar-refractivity contribution in [2.24, 2.45) is 5.92 Å². The largest absolute Gasteiger partial charge is 0.379 e. The summed E-state index contributed by atoms with van der Waals surface area (Å²) < 4.78 is 5.42. The highest BCUT2D eigenvalue weighted by Gasteiger charge is 2.37. The van der Waals surface area contributed by atoms with Gasteiger partial charge in [0.2, 0.25) is 5.91 Å². The summed E-state index contributed by atoms with van der Waals surface area (Å²) in [7, 11) is 0. The van der Waals surface area contributed by atoms with Crippen LogP contribution in [-0.2, 0) is 9.53 Å². The van der Waals surface area contributed by atoms with Gasteiger partial charge in [-0.3, -0.25) is 19.5 Å². The van der Waals surface area contributed by atoms with E-state index in [0.29, 0.717) is 24.6 Å². The van der Waals surface area contributed by atoms with Gasteiger partial charge in [0.25, 0.3) is 5.91 Å². The fourth-order valence-electron chi connectivity index (χ4n) is 4.50. The molecule has 2 aliphatic heterocycles. The Labute approximate surface area is 173 Å². The van der Waals surface area contributed by atoms with Crippen LogP contribution in [0.2, 0.25) is 0 Å². The molecule has 1 saturated carbocycles. The third-order valence-electron chi connectivity index (χ3n) is 6.51. The van der Waals surface area contributed by atoms with Gasteiger partial charge in [-0.25, -0.2) is 0 Å². The Morgan fingerprint density at radius 2 is 2.00 bits per heavy atom. The fraction of sp³-hybridized carbons (Fsp3) is 0.682. The van der Waals surface area contributed by atoms with Crippen LogP contribution in [-0.4, -0.2) is 90.0 Å². The summed E-state index contributed by atoms with van der Waals surface area (Å²) in [6, 6.07) is 3.73. The molecule has 0 spiro atoms. The second-order valence-electron chi connectivity index (χ2n) is 8.40. The van der Waals surface area contributed by atoms with Crippen LogP contribution in [0.4, 0.5) is 0 Å². The van der Waals surface area contributed by atoms with Gasteiger partial charge in [0.05, 0.1) is 24.8 Å². The lowest BCUT2D eigenvalue weighted by Crippen LogP contribution is -2.48. The van der Waals surface area contributed by atoms with Crippen LogP contribution in [0.3, 0.4) is 0 Å². The van der Waals surface area contributed by atoms with Crippen LogP contribution in [0.5, 0.6) is 0 Å². The number of carbonyl (C=O) groups excluding carboxylic acids is 2. The Morgan fingerprint density at radius 3 is 2.69 bits per heavy atom. The molecule has 0 aromatic carbocycles. The minimum absolute atomic E-state index is 0.0185. The third kappa shape index (κ3) is 4.95. The molecule has 3 aliphatic rings. The molecule has 7 nitrogen and oxygen atoms in total. The summed E-state index contributed by atoms with van der Waals surface area (Å²) in [4.78, 5) is 36.3. The van der Waals surface area contributed by atoms with E-state index >= 15 is 0 Å². The monoisotopic (exact) mass is 400 g/mol. The summed E-state index contributed by atoms with van der Waals surface area (Å²) in [6.07, 6.45) is 8.34. The van der Waals surface area contributed by atoms with Gasteiger partial charge in [-0.15, -0.1) is 0 Å². The first-order chi connectivity index (χ1) is 14.2. The highest BCUT2D eigenvalue weighted by molar-refractivity contribution is 5.94. The van der Waals surface area contributed by atoms with E-state index in [1.54, 1.807) is 18.5 Å². The maximum Gasteiger partial charge on any atom is 0.255 e. The summed E-state index contributed by atoms with van der Waals surface area (Å²) >= 11 is 0. The van der Waals surface area contributed by atoms with Crippen LogP contribution in [0.15, 0.2) is 24.5 Å². The van der Waals surface area contributed by atoms with Crippen molar-refractivity contribution in [3.63, 3.8) is 0 Å². The van der Waals surface area contributed by atoms with Crippen LogP contribution in [0.25, 0.3) is 0 Å². The van der Waals surface area contributed by atoms with Gasteiger partial charge in [0.15, 0.2) is 0 Å². The number of pyridine rings is 1. The lowest BCUT2D eigenvalue weighted by Gasteiger charge is -2.36. The molecule has 0 radical (unpaired) electrons. The topological polar surface area (TPSA) is 66.0 Å². The Morgan fingerprint density at radius 1 is 1.17 bits per heavy atom. The molecule has 1 aromatic rings. The van der Waals surface area contributed by atoms with Gasteiger partial charge in [-0.1, -0.05) is 6.42 Å². The van der Waals surface area contributed by atoms with Crippen LogP contribution in [0, 0.1) is 5.92 Å². The fourth-order valence-corrected chi connectivity index (χ4v) is 4.50. The van der Waals surface area contributed by atoms with E-state index < -0.39 is 0 Å². The average Bonchev–Trinajstić information content (AvgIpc) is 3.20. The smallest absolute Gasteiger partial charge is 0.255 e. The van der Waals surface area contributed by atoms with Gasteiger partial charge >= 0.3 is 0 Å². The zero-order valence-corrected chi connectivity index (χ0v) is 17.2. The molecule has 0 N–H and O–H groups in total. The number of aromatic nitrogens is 1. The van der Waals surface area contributed by atoms with Gasteiger partial charge in [0.1, 0.15) is 0 Å². The Kier molecular flexibility index (Phi) is 6.77. The Hall–Kier alpha value is -1.99. The number of nitrogens with zero attached hydrogens (tertiary/aromatic N) is 4. The van der Waals surface area contributed by atoms with E-state index in [2.05, 4.69) is 14.8 Å². The van der Waals surface area contributed by atoms with E-state index in [-0.39, 0.29) is 17.9 Å².